The van der Waals surface area contributed by atoms with Crippen LogP contribution in [0.15, 0.2) is 71.6 Å². The topological polar surface area (TPSA) is 86.8 Å². The molecule has 1 aliphatic heterocycles. The molecule has 1 aliphatic rings. The van der Waals surface area contributed by atoms with Gasteiger partial charge >= 0.3 is 0 Å². The number of hydrogen-bond donors (Lipinski definition) is 1. The largest absolute Gasteiger partial charge is 0.354 e. The first-order chi connectivity index (χ1) is 17.3. The number of carbonyl (C=O) groups is 2. The van der Waals surface area contributed by atoms with Gasteiger partial charge in [-0.25, -0.2) is 8.42 Å². The Hall–Kier alpha value is -3.39. The molecule has 190 valence electrons. The molecule has 1 N–H and O–H groups in total. The number of carbonyl (C=O) groups excluding carboxylic acids is 2. The number of anilines is 1. The van der Waals surface area contributed by atoms with Crippen LogP contribution in [0.4, 0.5) is 5.69 Å². The average Bonchev–Trinajstić information content (AvgIpc) is 3.10. The normalized spacial score (nSPS) is 14.6. The zero-order valence-corrected chi connectivity index (χ0v) is 21.6. The Labute approximate surface area is 213 Å². The Morgan fingerprint density at radius 1 is 0.972 bits per heavy atom. The maximum atomic E-state index is 13.3. The maximum Gasteiger partial charge on any atom is 0.265 e. The van der Waals surface area contributed by atoms with Gasteiger partial charge in [0.1, 0.15) is 6.04 Å². The number of nitrogens with zero attached hydrogens (tertiary/aromatic N) is 2. The van der Waals surface area contributed by atoms with Gasteiger partial charge in [-0.15, -0.1) is 0 Å². The predicted octanol–water partition coefficient (Wildman–Crippen LogP) is 4.46. The van der Waals surface area contributed by atoms with E-state index in [0.29, 0.717) is 30.1 Å². The van der Waals surface area contributed by atoms with E-state index in [9.17, 15) is 18.0 Å². The fourth-order valence-corrected chi connectivity index (χ4v) is 6.36. The van der Waals surface area contributed by atoms with Crippen LogP contribution in [0.3, 0.4) is 0 Å². The molecule has 7 nitrogen and oxygen atoms in total. The molecule has 1 heterocycles. The van der Waals surface area contributed by atoms with Crippen LogP contribution in [-0.2, 0) is 26.2 Å². The smallest absolute Gasteiger partial charge is 0.265 e. The standard InChI is InChI=1S/C28H33N3O4S/c1-3-4-18-29-28(33)21(2)30(20-22-11-6-5-7-12-22)26(32)17-10-19-31-24-15-8-13-23-14-9-16-25(27(23)24)36(31,34)35/h5-9,11-16,21H,3-4,10,17-20H2,1-2H3,(H,29,33). The van der Waals surface area contributed by atoms with Crippen molar-refractivity contribution in [3.05, 3.63) is 72.3 Å². The van der Waals surface area contributed by atoms with E-state index in [2.05, 4.69) is 12.2 Å². The van der Waals surface area contributed by atoms with Crippen LogP contribution in [-0.4, -0.2) is 44.3 Å². The zero-order chi connectivity index (χ0) is 25.7. The third kappa shape index (κ3) is 5.23. The fourth-order valence-electron chi connectivity index (χ4n) is 4.62. The van der Waals surface area contributed by atoms with Crippen molar-refractivity contribution in [3.63, 3.8) is 0 Å². The summed E-state index contributed by atoms with van der Waals surface area (Å²) in [6.45, 7) is 4.88. The van der Waals surface area contributed by atoms with Crippen LogP contribution in [0.1, 0.15) is 45.1 Å². The van der Waals surface area contributed by atoms with E-state index in [0.717, 1.165) is 29.2 Å². The number of amides is 2. The Morgan fingerprint density at radius 3 is 2.42 bits per heavy atom. The van der Waals surface area contributed by atoms with E-state index >= 15 is 0 Å². The van der Waals surface area contributed by atoms with Crippen LogP contribution in [0.5, 0.6) is 0 Å². The van der Waals surface area contributed by atoms with E-state index in [1.807, 2.05) is 54.6 Å². The molecule has 4 rings (SSSR count). The van der Waals surface area contributed by atoms with Crippen LogP contribution >= 0.6 is 0 Å². The lowest BCUT2D eigenvalue weighted by Crippen LogP contribution is -2.47. The minimum absolute atomic E-state index is 0.137. The van der Waals surface area contributed by atoms with Gasteiger partial charge in [-0.2, -0.15) is 0 Å². The highest BCUT2D eigenvalue weighted by Gasteiger charge is 2.35. The van der Waals surface area contributed by atoms with Crippen molar-refractivity contribution in [2.75, 3.05) is 17.4 Å². The second kappa shape index (κ2) is 11.1. The van der Waals surface area contributed by atoms with Crippen LogP contribution in [0.2, 0.25) is 0 Å². The zero-order valence-electron chi connectivity index (χ0n) is 20.8. The number of rotatable bonds is 11. The number of hydrogen-bond acceptors (Lipinski definition) is 4. The Morgan fingerprint density at radius 2 is 1.69 bits per heavy atom. The van der Waals surface area contributed by atoms with Gasteiger partial charge in [0.05, 0.1) is 10.6 Å². The first-order valence-electron chi connectivity index (χ1n) is 12.5. The maximum absolute atomic E-state index is 13.3. The monoisotopic (exact) mass is 507 g/mol. The van der Waals surface area contributed by atoms with Gasteiger partial charge in [0.25, 0.3) is 10.0 Å². The van der Waals surface area contributed by atoms with Crippen LogP contribution in [0, 0.1) is 0 Å². The summed E-state index contributed by atoms with van der Waals surface area (Å²) >= 11 is 0. The molecular formula is C28H33N3O4S. The van der Waals surface area contributed by atoms with E-state index in [1.165, 1.54) is 4.31 Å². The van der Waals surface area contributed by atoms with E-state index in [1.54, 1.807) is 24.0 Å². The Bertz CT molecular complexity index is 1340. The summed E-state index contributed by atoms with van der Waals surface area (Å²) in [7, 11) is -3.66. The molecule has 8 heteroatoms. The minimum atomic E-state index is -3.66. The molecule has 2 amide bonds. The van der Waals surface area contributed by atoms with Gasteiger partial charge in [-0.3, -0.25) is 13.9 Å². The summed E-state index contributed by atoms with van der Waals surface area (Å²) in [5, 5.41) is 4.53. The summed E-state index contributed by atoms with van der Waals surface area (Å²) in [6, 6.07) is 19.8. The quantitative estimate of drug-likeness (QED) is 0.388. The number of benzene rings is 3. The SMILES string of the molecule is CCCCNC(=O)C(C)N(Cc1ccccc1)C(=O)CCCN1c2cccc3cccc(c23)S1(=O)=O. The molecule has 0 aliphatic carbocycles. The summed E-state index contributed by atoms with van der Waals surface area (Å²) in [5.74, 6) is -0.360. The molecule has 0 saturated heterocycles. The lowest BCUT2D eigenvalue weighted by atomic mass is 10.1. The number of nitrogens with one attached hydrogen (secondary N) is 1. The number of unbranched alkanes of at least 4 members (excludes halogenated alkanes) is 1. The molecule has 3 aromatic carbocycles. The van der Waals surface area contributed by atoms with Gasteiger partial charge in [0, 0.05) is 31.4 Å². The molecule has 0 radical (unpaired) electrons. The van der Waals surface area contributed by atoms with Crippen molar-refractivity contribution < 1.29 is 18.0 Å². The second-order valence-corrected chi connectivity index (χ2v) is 11.0. The van der Waals surface area contributed by atoms with E-state index in [-0.39, 0.29) is 24.8 Å². The highest BCUT2D eigenvalue weighted by Crippen LogP contribution is 2.42. The molecule has 0 aromatic heterocycles. The molecule has 3 aromatic rings. The van der Waals surface area contributed by atoms with Crippen molar-refractivity contribution in [2.45, 2.75) is 57.0 Å². The van der Waals surface area contributed by atoms with Crippen molar-refractivity contribution in [1.82, 2.24) is 10.2 Å². The average molecular weight is 508 g/mol. The van der Waals surface area contributed by atoms with Crippen molar-refractivity contribution in [3.8, 4) is 0 Å². The van der Waals surface area contributed by atoms with Gasteiger partial charge < -0.3 is 10.2 Å². The van der Waals surface area contributed by atoms with Crippen molar-refractivity contribution >= 4 is 38.3 Å². The van der Waals surface area contributed by atoms with Gasteiger partial charge in [-0.1, -0.05) is 67.9 Å². The molecule has 0 fully saturated rings. The third-order valence-corrected chi connectivity index (χ3v) is 8.48. The fraction of sp³-hybridized carbons (Fsp3) is 0.357. The van der Waals surface area contributed by atoms with Gasteiger partial charge in [0.2, 0.25) is 11.8 Å². The molecule has 0 spiro atoms. The lowest BCUT2D eigenvalue weighted by molar-refractivity contribution is -0.140. The first-order valence-corrected chi connectivity index (χ1v) is 13.9. The van der Waals surface area contributed by atoms with Crippen LogP contribution in [0.25, 0.3) is 10.8 Å². The molecule has 1 unspecified atom stereocenters. The van der Waals surface area contributed by atoms with E-state index < -0.39 is 16.1 Å². The Balaban J connectivity index is 1.46. The molecule has 1 atom stereocenters. The highest BCUT2D eigenvalue weighted by molar-refractivity contribution is 7.93. The lowest BCUT2D eigenvalue weighted by Gasteiger charge is -2.29. The summed E-state index contributed by atoms with van der Waals surface area (Å²) in [5.41, 5.74) is 1.59. The molecule has 0 saturated carbocycles. The first kappa shape index (κ1) is 25.7. The molecule has 0 bridgehead atoms. The summed E-state index contributed by atoms with van der Waals surface area (Å²) < 4.78 is 27.8. The van der Waals surface area contributed by atoms with Crippen molar-refractivity contribution in [1.29, 1.82) is 0 Å². The predicted molar refractivity (Wildman–Crippen MR) is 142 cm³/mol. The molecular weight excluding hydrogens is 474 g/mol. The summed E-state index contributed by atoms with van der Waals surface area (Å²) in [6.07, 6.45) is 2.33. The Kier molecular flexibility index (Phi) is 7.94. The van der Waals surface area contributed by atoms with E-state index in [4.69, 9.17) is 0 Å². The van der Waals surface area contributed by atoms with Gasteiger partial charge in [-0.05, 0) is 42.8 Å². The van der Waals surface area contributed by atoms with Crippen molar-refractivity contribution in [2.24, 2.45) is 0 Å². The molecule has 36 heavy (non-hydrogen) atoms. The number of sulfonamides is 1. The summed E-state index contributed by atoms with van der Waals surface area (Å²) in [4.78, 5) is 28.0. The highest BCUT2D eigenvalue weighted by atomic mass is 32.2. The second-order valence-electron chi connectivity index (χ2n) is 9.14. The van der Waals surface area contributed by atoms with Gasteiger partial charge in [0.15, 0.2) is 0 Å². The van der Waals surface area contributed by atoms with Crippen LogP contribution < -0.4 is 9.62 Å². The third-order valence-electron chi connectivity index (χ3n) is 6.63. The minimum Gasteiger partial charge on any atom is -0.354 e.